The van der Waals surface area contributed by atoms with Crippen LogP contribution in [-0.4, -0.2) is 46.2 Å². The predicted octanol–water partition coefficient (Wildman–Crippen LogP) is 4.57. The number of amides is 3. The van der Waals surface area contributed by atoms with Crippen molar-refractivity contribution in [2.45, 2.75) is 25.6 Å². The second-order valence-electron chi connectivity index (χ2n) is 9.34. The Morgan fingerprint density at radius 2 is 1.72 bits per heavy atom. The number of aldehydes is 1. The molecule has 2 aliphatic rings. The van der Waals surface area contributed by atoms with Crippen LogP contribution in [0.1, 0.15) is 38.7 Å². The van der Waals surface area contributed by atoms with E-state index in [0.29, 0.717) is 31.8 Å². The number of carbonyl (C=O) groups excluding carboxylic acids is 3. The monoisotopic (exact) mass is 479 g/mol. The number of rotatable bonds is 6. The zero-order valence-electron chi connectivity index (χ0n) is 19.9. The number of hydrogen-bond acceptors (Lipinski definition) is 4. The van der Waals surface area contributed by atoms with Crippen molar-refractivity contribution < 1.29 is 19.1 Å². The van der Waals surface area contributed by atoms with Crippen molar-refractivity contribution in [3.05, 3.63) is 101 Å². The van der Waals surface area contributed by atoms with Gasteiger partial charge in [0.25, 0.3) is 0 Å². The zero-order chi connectivity index (χ0) is 24.8. The summed E-state index contributed by atoms with van der Waals surface area (Å²) in [6.07, 6.45) is 0.829. The number of nitrogens with zero attached hydrogens (tertiary/aromatic N) is 3. The molecule has 3 heterocycles. The number of ether oxygens (including phenoxy) is 1. The molecular weight excluding hydrogens is 454 g/mol. The van der Waals surface area contributed by atoms with Crippen LogP contribution in [0.25, 0.3) is 10.9 Å². The van der Waals surface area contributed by atoms with Gasteiger partial charge in [-0.25, -0.2) is 4.79 Å². The lowest BCUT2D eigenvalue weighted by atomic mass is 9.89. The molecule has 1 aromatic heterocycles. The average molecular weight is 480 g/mol. The van der Waals surface area contributed by atoms with E-state index in [0.717, 1.165) is 45.3 Å². The molecule has 3 amide bonds. The Labute approximate surface area is 208 Å². The maximum absolute atomic E-state index is 13.3. The first-order valence-corrected chi connectivity index (χ1v) is 12.0. The predicted molar refractivity (Wildman–Crippen MR) is 135 cm³/mol. The van der Waals surface area contributed by atoms with E-state index in [2.05, 4.69) is 4.57 Å². The molecule has 0 radical (unpaired) electrons. The van der Waals surface area contributed by atoms with E-state index in [9.17, 15) is 14.4 Å². The first-order chi connectivity index (χ1) is 17.5. The van der Waals surface area contributed by atoms with Gasteiger partial charge in [-0.15, -0.1) is 0 Å². The summed E-state index contributed by atoms with van der Waals surface area (Å²) >= 11 is 0. The van der Waals surface area contributed by atoms with Gasteiger partial charge < -0.3 is 14.2 Å². The number of carbonyl (C=O) groups is 3. The summed E-state index contributed by atoms with van der Waals surface area (Å²) in [5.41, 5.74) is 5.56. The first-order valence-electron chi connectivity index (χ1n) is 12.0. The lowest BCUT2D eigenvalue weighted by Gasteiger charge is -2.41. The van der Waals surface area contributed by atoms with Gasteiger partial charge >= 0.3 is 6.03 Å². The highest BCUT2D eigenvalue weighted by atomic mass is 16.5. The molecule has 7 heteroatoms. The number of aromatic nitrogens is 1. The van der Waals surface area contributed by atoms with Gasteiger partial charge in [0.1, 0.15) is 18.6 Å². The quantitative estimate of drug-likeness (QED) is 0.380. The Morgan fingerprint density at radius 3 is 2.47 bits per heavy atom. The molecule has 0 saturated carbocycles. The Balaban J connectivity index is 1.50. The lowest BCUT2D eigenvalue weighted by Crippen LogP contribution is -2.56. The first kappa shape index (κ1) is 22.1. The van der Waals surface area contributed by atoms with Gasteiger partial charge in [-0.05, 0) is 23.3 Å². The van der Waals surface area contributed by atoms with Gasteiger partial charge in [-0.2, -0.15) is 0 Å². The molecule has 180 valence electrons. The molecule has 36 heavy (non-hydrogen) atoms. The van der Waals surface area contributed by atoms with Crippen LogP contribution < -0.4 is 4.74 Å². The van der Waals surface area contributed by atoms with Crippen molar-refractivity contribution in [2.24, 2.45) is 0 Å². The van der Waals surface area contributed by atoms with Gasteiger partial charge in [0.15, 0.2) is 0 Å². The molecule has 2 bridgehead atoms. The van der Waals surface area contributed by atoms with Gasteiger partial charge in [-0.3, -0.25) is 14.5 Å². The van der Waals surface area contributed by atoms with E-state index in [1.165, 1.54) is 4.90 Å². The molecule has 0 aliphatic carbocycles. The molecule has 7 nitrogen and oxygen atoms in total. The molecule has 1 saturated heterocycles. The highest BCUT2D eigenvalue weighted by molar-refractivity contribution is 6.05. The number of hydrogen-bond donors (Lipinski definition) is 0. The van der Waals surface area contributed by atoms with E-state index in [1.54, 1.807) is 24.1 Å². The van der Waals surface area contributed by atoms with Crippen LogP contribution in [-0.2, 0) is 24.5 Å². The van der Waals surface area contributed by atoms with Crippen LogP contribution in [0.15, 0.2) is 72.8 Å². The average Bonchev–Trinajstić information content (AvgIpc) is 3.24. The lowest BCUT2D eigenvalue weighted by molar-refractivity contribution is -0.132. The molecule has 0 spiro atoms. The van der Waals surface area contributed by atoms with Crippen LogP contribution >= 0.6 is 0 Å². The molecule has 4 aromatic rings. The molecule has 0 N–H and O–H groups in total. The number of urea groups is 1. The number of benzene rings is 3. The minimum Gasteiger partial charge on any atom is -0.488 e. The molecule has 1 fully saturated rings. The Kier molecular flexibility index (Phi) is 5.33. The molecular formula is C29H25N3O4. The standard InChI is InChI=1S/C29H25N3O4/c1-30-28(34)22-15-31(29(30)35)16-24-26(22)27-23(32(24)14-19-10-12-20(17-33)13-11-19)8-5-9-25(27)36-18-21-6-3-2-4-7-21/h2-13,17,22H,14-16,18H2,1H3. The van der Waals surface area contributed by atoms with Crippen LogP contribution in [0.4, 0.5) is 4.79 Å². The van der Waals surface area contributed by atoms with E-state index in [1.807, 2.05) is 60.7 Å². The molecule has 6 rings (SSSR count). The summed E-state index contributed by atoms with van der Waals surface area (Å²) in [7, 11) is 1.55. The fraction of sp³-hybridized carbons (Fsp3) is 0.207. The van der Waals surface area contributed by atoms with Crippen LogP contribution in [0.3, 0.4) is 0 Å². The maximum atomic E-state index is 13.3. The van der Waals surface area contributed by atoms with Crippen molar-refractivity contribution in [2.75, 3.05) is 13.6 Å². The van der Waals surface area contributed by atoms with Crippen molar-refractivity contribution >= 4 is 29.1 Å². The van der Waals surface area contributed by atoms with Crippen molar-refractivity contribution in [3.8, 4) is 5.75 Å². The summed E-state index contributed by atoms with van der Waals surface area (Å²) in [4.78, 5) is 40.2. The third kappa shape index (κ3) is 3.55. The maximum Gasteiger partial charge on any atom is 0.326 e. The summed E-state index contributed by atoms with van der Waals surface area (Å²) in [6, 6.07) is 23.1. The normalized spacial score (nSPS) is 16.9. The number of imide groups is 1. The highest BCUT2D eigenvalue weighted by Crippen LogP contribution is 2.44. The van der Waals surface area contributed by atoms with E-state index >= 15 is 0 Å². The SMILES string of the molecule is CN1C(=O)C2CN(Cc3c2c2c(OCc4ccccc4)cccc2n3Cc2ccc(C=O)cc2)C1=O. The van der Waals surface area contributed by atoms with E-state index in [-0.39, 0.29) is 11.9 Å². The van der Waals surface area contributed by atoms with Gasteiger partial charge in [-0.1, -0.05) is 60.7 Å². The Morgan fingerprint density at radius 1 is 0.944 bits per heavy atom. The zero-order valence-corrected chi connectivity index (χ0v) is 19.9. The highest BCUT2D eigenvalue weighted by Gasteiger charge is 2.45. The van der Waals surface area contributed by atoms with Crippen LogP contribution in [0.2, 0.25) is 0 Å². The second kappa shape index (κ2) is 8.68. The topological polar surface area (TPSA) is 71.8 Å². The largest absolute Gasteiger partial charge is 0.488 e. The van der Waals surface area contributed by atoms with E-state index in [4.69, 9.17) is 4.74 Å². The summed E-state index contributed by atoms with van der Waals surface area (Å²) in [5, 5.41) is 0.925. The van der Waals surface area contributed by atoms with Crippen LogP contribution in [0, 0.1) is 0 Å². The fourth-order valence-electron chi connectivity index (χ4n) is 5.36. The third-order valence-corrected chi connectivity index (χ3v) is 7.17. The molecule has 2 aliphatic heterocycles. The minimum atomic E-state index is -0.445. The third-order valence-electron chi connectivity index (χ3n) is 7.17. The molecule has 1 unspecified atom stereocenters. The number of fused-ring (bicyclic) bond motifs is 6. The summed E-state index contributed by atoms with van der Waals surface area (Å²) < 4.78 is 8.51. The Hall–Kier alpha value is -4.39. The Bertz CT molecular complexity index is 1490. The summed E-state index contributed by atoms with van der Waals surface area (Å²) in [5.74, 6) is 0.0898. The minimum absolute atomic E-state index is 0.190. The van der Waals surface area contributed by atoms with Gasteiger partial charge in [0, 0.05) is 42.3 Å². The fourth-order valence-corrected chi connectivity index (χ4v) is 5.36. The van der Waals surface area contributed by atoms with Crippen molar-refractivity contribution in [1.29, 1.82) is 0 Å². The number of likely N-dealkylation sites (N-methyl/N-ethyl adjacent to an activating group) is 1. The van der Waals surface area contributed by atoms with Gasteiger partial charge in [0.05, 0.1) is 18.0 Å². The van der Waals surface area contributed by atoms with Gasteiger partial charge in [0.2, 0.25) is 5.91 Å². The second-order valence-corrected chi connectivity index (χ2v) is 9.34. The van der Waals surface area contributed by atoms with Crippen molar-refractivity contribution in [1.82, 2.24) is 14.4 Å². The molecule has 3 aromatic carbocycles. The molecule has 1 atom stereocenters. The summed E-state index contributed by atoms with van der Waals surface area (Å²) in [6.45, 7) is 1.75. The van der Waals surface area contributed by atoms with E-state index < -0.39 is 5.92 Å². The smallest absolute Gasteiger partial charge is 0.326 e. The van der Waals surface area contributed by atoms with Crippen molar-refractivity contribution in [3.63, 3.8) is 0 Å². The van der Waals surface area contributed by atoms with Crippen LogP contribution in [0.5, 0.6) is 5.75 Å².